The first kappa shape index (κ1) is 13.5. The van der Waals surface area contributed by atoms with E-state index >= 15 is 0 Å². The lowest BCUT2D eigenvalue weighted by molar-refractivity contribution is 0.687. The maximum atomic E-state index is 6.02. The highest BCUT2D eigenvalue weighted by molar-refractivity contribution is 7.17. The number of hydrogen-bond acceptors (Lipinski definition) is 3. The van der Waals surface area contributed by atoms with Crippen LogP contribution in [0.3, 0.4) is 0 Å². The Labute approximate surface area is 136 Å². The summed E-state index contributed by atoms with van der Waals surface area (Å²) < 4.78 is 3.08. The molecular formula is C17H12ClN3S. The van der Waals surface area contributed by atoms with Gasteiger partial charge in [0, 0.05) is 22.7 Å². The molecule has 5 heteroatoms. The number of aromatic nitrogens is 3. The second-order valence-electron chi connectivity index (χ2n) is 5.04. The molecule has 22 heavy (non-hydrogen) atoms. The number of benzene rings is 1. The van der Waals surface area contributed by atoms with E-state index in [2.05, 4.69) is 33.8 Å². The molecule has 0 N–H and O–H groups in total. The van der Waals surface area contributed by atoms with Gasteiger partial charge in [-0.25, -0.2) is 4.98 Å². The number of hydrogen-bond donors (Lipinski definition) is 0. The van der Waals surface area contributed by atoms with Crippen molar-refractivity contribution in [3.05, 3.63) is 71.0 Å². The summed E-state index contributed by atoms with van der Waals surface area (Å²) in [5.41, 5.74) is 4.32. The summed E-state index contributed by atoms with van der Waals surface area (Å²) in [6, 6.07) is 14.1. The van der Waals surface area contributed by atoms with Crippen LogP contribution in [0.15, 0.2) is 60.2 Å². The molecule has 0 saturated heterocycles. The fourth-order valence-corrected chi connectivity index (χ4v) is 3.51. The van der Waals surface area contributed by atoms with Gasteiger partial charge in [0.1, 0.15) is 5.15 Å². The SMILES string of the molecule is Clc1ccc2scc(-c3cnn(Cc4ccccc4)c3)c2n1. The third-order valence-corrected chi connectivity index (χ3v) is 4.66. The number of thiophene rings is 1. The molecule has 4 rings (SSSR count). The van der Waals surface area contributed by atoms with Gasteiger partial charge in [0.15, 0.2) is 0 Å². The Morgan fingerprint density at radius 1 is 1.09 bits per heavy atom. The molecule has 0 amide bonds. The van der Waals surface area contributed by atoms with Gasteiger partial charge in [-0.3, -0.25) is 4.68 Å². The molecule has 3 nitrogen and oxygen atoms in total. The summed E-state index contributed by atoms with van der Waals surface area (Å²) in [4.78, 5) is 4.44. The van der Waals surface area contributed by atoms with Gasteiger partial charge >= 0.3 is 0 Å². The van der Waals surface area contributed by atoms with Gasteiger partial charge in [-0.2, -0.15) is 5.10 Å². The standard InChI is InChI=1S/C17H12ClN3S/c18-16-7-6-15-17(20-16)14(11-22-15)13-8-19-21(10-13)9-12-4-2-1-3-5-12/h1-8,10-11H,9H2. The van der Waals surface area contributed by atoms with Crippen LogP contribution < -0.4 is 0 Å². The molecule has 0 aliphatic carbocycles. The highest BCUT2D eigenvalue weighted by Gasteiger charge is 2.10. The van der Waals surface area contributed by atoms with E-state index in [9.17, 15) is 0 Å². The molecule has 108 valence electrons. The second-order valence-corrected chi connectivity index (χ2v) is 6.34. The third kappa shape index (κ3) is 2.51. The molecule has 1 aromatic carbocycles. The van der Waals surface area contributed by atoms with Crippen LogP contribution in [0.1, 0.15) is 5.56 Å². The van der Waals surface area contributed by atoms with E-state index in [1.807, 2.05) is 41.2 Å². The topological polar surface area (TPSA) is 30.7 Å². The molecule has 0 radical (unpaired) electrons. The number of fused-ring (bicyclic) bond motifs is 1. The van der Waals surface area contributed by atoms with Crippen LogP contribution in [-0.2, 0) is 6.54 Å². The van der Waals surface area contributed by atoms with Crippen LogP contribution in [0, 0.1) is 0 Å². The summed E-state index contributed by atoms with van der Waals surface area (Å²) in [5, 5.41) is 7.08. The normalized spacial score (nSPS) is 11.1. The minimum Gasteiger partial charge on any atom is -0.268 e. The summed E-state index contributed by atoms with van der Waals surface area (Å²) in [6.07, 6.45) is 3.93. The fourth-order valence-electron chi connectivity index (χ4n) is 2.45. The molecule has 0 bridgehead atoms. The number of pyridine rings is 1. The third-order valence-electron chi connectivity index (χ3n) is 3.51. The van der Waals surface area contributed by atoms with Crippen LogP contribution in [0.5, 0.6) is 0 Å². The Morgan fingerprint density at radius 3 is 2.82 bits per heavy atom. The predicted molar refractivity (Wildman–Crippen MR) is 91.4 cm³/mol. The molecule has 0 spiro atoms. The number of rotatable bonds is 3. The van der Waals surface area contributed by atoms with Crippen LogP contribution in [0.2, 0.25) is 5.15 Å². The summed E-state index contributed by atoms with van der Waals surface area (Å²) >= 11 is 7.69. The van der Waals surface area contributed by atoms with Gasteiger partial charge in [0.2, 0.25) is 0 Å². The molecule has 0 saturated carbocycles. The maximum absolute atomic E-state index is 6.02. The van der Waals surface area contributed by atoms with Gasteiger partial charge in [-0.15, -0.1) is 11.3 Å². The molecule has 0 fully saturated rings. The lowest BCUT2D eigenvalue weighted by atomic mass is 10.1. The Morgan fingerprint density at radius 2 is 1.95 bits per heavy atom. The average Bonchev–Trinajstić information content (AvgIpc) is 3.14. The Balaban J connectivity index is 1.69. The van der Waals surface area contributed by atoms with E-state index < -0.39 is 0 Å². The Kier molecular flexibility index (Phi) is 3.41. The van der Waals surface area contributed by atoms with Crippen molar-refractivity contribution in [3.63, 3.8) is 0 Å². The van der Waals surface area contributed by atoms with E-state index in [0.29, 0.717) is 5.15 Å². The van der Waals surface area contributed by atoms with E-state index in [1.165, 1.54) is 5.56 Å². The molecule has 3 aromatic heterocycles. The first-order valence-corrected chi connectivity index (χ1v) is 8.16. The molecule has 0 unspecified atom stereocenters. The molecule has 0 aliphatic heterocycles. The summed E-state index contributed by atoms with van der Waals surface area (Å²) in [7, 11) is 0. The van der Waals surface area contributed by atoms with Gasteiger partial charge in [-0.1, -0.05) is 41.9 Å². The van der Waals surface area contributed by atoms with Crippen molar-refractivity contribution >= 4 is 33.2 Å². The van der Waals surface area contributed by atoms with Gasteiger partial charge in [0.05, 0.1) is 23.0 Å². The van der Waals surface area contributed by atoms with Crippen LogP contribution >= 0.6 is 22.9 Å². The smallest absolute Gasteiger partial charge is 0.129 e. The molecule has 0 atom stereocenters. The van der Waals surface area contributed by atoms with Crippen molar-refractivity contribution < 1.29 is 0 Å². The second kappa shape index (κ2) is 5.55. The van der Waals surface area contributed by atoms with Crippen LogP contribution in [-0.4, -0.2) is 14.8 Å². The zero-order valence-corrected chi connectivity index (χ0v) is 13.2. The first-order chi connectivity index (χ1) is 10.8. The minimum absolute atomic E-state index is 0.517. The zero-order valence-electron chi connectivity index (χ0n) is 11.6. The van der Waals surface area contributed by atoms with Gasteiger partial charge in [0.25, 0.3) is 0 Å². The Hall–Kier alpha value is -2.17. The zero-order chi connectivity index (χ0) is 14.9. The quantitative estimate of drug-likeness (QED) is 0.503. The fraction of sp³-hybridized carbons (Fsp3) is 0.0588. The van der Waals surface area contributed by atoms with Gasteiger partial charge in [-0.05, 0) is 17.7 Å². The lowest BCUT2D eigenvalue weighted by Gasteiger charge is -2.00. The van der Waals surface area contributed by atoms with E-state index in [1.54, 1.807) is 11.3 Å². The largest absolute Gasteiger partial charge is 0.268 e. The van der Waals surface area contributed by atoms with Crippen molar-refractivity contribution in [3.8, 4) is 11.1 Å². The van der Waals surface area contributed by atoms with Crippen molar-refractivity contribution in [2.45, 2.75) is 6.54 Å². The summed E-state index contributed by atoms with van der Waals surface area (Å²) in [5.74, 6) is 0. The molecule has 4 aromatic rings. The van der Waals surface area contributed by atoms with E-state index in [0.717, 1.165) is 27.9 Å². The number of halogens is 1. The average molecular weight is 326 g/mol. The molecule has 0 aliphatic rings. The highest BCUT2D eigenvalue weighted by Crippen LogP contribution is 2.33. The Bertz CT molecular complexity index is 927. The molecular weight excluding hydrogens is 314 g/mol. The predicted octanol–water partition coefficient (Wildman–Crippen LogP) is 4.86. The van der Waals surface area contributed by atoms with Crippen LogP contribution in [0.4, 0.5) is 0 Å². The van der Waals surface area contributed by atoms with Crippen molar-refractivity contribution in [2.24, 2.45) is 0 Å². The van der Waals surface area contributed by atoms with Crippen LogP contribution in [0.25, 0.3) is 21.3 Å². The highest BCUT2D eigenvalue weighted by atomic mass is 35.5. The van der Waals surface area contributed by atoms with Crippen molar-refractivity contribution in [1.82, 2.24) is 14.8 Å². The maximum Gasteiger partial charge on any atom is 0.129 e. The minimum atomic E-state index is 0.517. The monoisotopic (exact) mass is 325 g/mol. The van der Waals surface area contributed by atoms with Gasteiger partial charge < -0.3 is 0 Å². The van der Waals surface area contributed by atoms with E-state index in [4.69, 9.17) is 11.6 Å². The first-order valence-electron chi connectivity index (χ1n) is 6.90. The van der Waals surface area contributed by atoms with Crippen molar-refractivity contribution in [2.75, 3.05) is 0 Å². The van der Waals surface area contributed by atoms with E-state index in [-0.39, 0.29) is 0 Å². The molecule has 3 heterocycles. The lowest BCUT2D eigenvalue weighted by Crippen LogP contribution is -1.99. The number of nitrogens with zero attached hydrogens (tertiary/aromatic N) is 3. The summed E-state index contributed by atoms with van der Waals surface area (Å²) in [6.45, 7) is 0.761. The van der Waals surface area contributed by atoms with Crippen molar-refractivity contribution in [1.29, 1.82) is 0 Å².